The van der Waals surface area contributed by atoms with E-state index in [1.165, 1.54) is 13.3 Å². The van der Waals surface area contributed by atoms with Crippen LogP contribution in [0.25, 0.3) is 0 Å². The van der Waals surface area contributed by atoms with Crippen molar-refractivity contribution in [2.24, 2.45) is 0 Å². The van der Waals surface area contributed by atoms with Crippen LogP contribution in [0.15, 0.2) is 11.0 Å². The predicted octanol–water partition coefficient (Wildman–Crippen LogP) is 0.650. The van der Waals surface area contributed by atoms with E-state index in [9.17, 15) is 9.59 Å². The number of hydrogen-bond donors (Lipinski definition) is 1. The molecule has 1 heterocycles. The second-order valence-corrected chi connectivity index (χ2v) is 3.33. The van der Waals surface area contributed by atoms with E-state index in [0.29, 0.717) is 0 Å². The molecule has 14 heavy (non-hydrogen) atoms. The first kappa shape index (κ1) is 8.99. The number of rotatable bonds is 1. The molecule has 0 spiro atoms. The Bertz CT molecular complexity index is 433. The molecule has 0 fully saturated rings. The fourth-order valence-corrected chi connectivity index (χ4v) is 1.80. The highest BCUT2D eigenvalue weighted by Crippen LogP contribution is 2.16. The van der Waals surface area contributed by atoms with Gasteiger partial charge in [-0.15, -0.1) is 0 Å². The zero-order valence-corrected chi connectivity index (χ0v) is 7.92. The molecule has 0 amide bonds. The maximum Gasteiger partial charge on any atom is 0.343 e. The number of ether oxygens (including phenoxy) is 1. The summed E-state index contributed by atoms with van der Waals surface area (Å²) in [5.41, 5.74) is 1.63. The first-order valence-electron chi connectivity index (χ1n) is 4.56. The van der Waals surface area contributed by atoms with E-state index in [1.807, 2.05) is 0 Å². The number of aromatic nitrogens is 1. The first-order chi connectivity index (χ1) is 6.74. The van der Waals surface area contributed by atoms with Crippen molar-refractivity contribution < 1.29 is 9.53 Å². The molecule has 0 atom stereocenters. The molecule has 1 aliphatic rings. The number of carbonyl (C=O) groups excluding carboxylic acids is 1. The summed E-state index contributed by atoms with van der Waals surface area (Å²) in [6.07, 6.45) is 4.07. The number of aryl methyl sites for hydroxylation is 1. The standard InChI is InChI=1S/C10H11NO3/c1-14-10(13)7-5-11-8-4-2-3-6(8)9(7)12/h5H,2-4H2,1H3,(H,11,12). The minimum Gasteiger partial charge on any atom is -0.465 e. The zero-order chi connectivity index (χ0) is 10.1. The Kier molecular flexibility index (Phi) is 2.11. The van der Waals surface area contributed by atoms with E-state index < -0.39 is 5.97 Å². The van der Waals surface area contributed by atoms with Gasteiger partial charge in [0.15, 0.2) is 5.43 Å². The summed E-state index contributed by atoms with van der Waals surface area (Å²) in [6, 6.07) is 0. The molecule has 0 saturated carbocycles. The van der Waals surface area contributed by atoms with Crippen molar-refractivity contribution in [3.8, 4) is 0 Å². The summed E-state index contributed by atoms with van der Waals surface area (Å²) in [4.78, 5) is 25.9. The lowest BCUT2D eigenvalue weighted by Gasteiger charge is -2.01. The van der Waals surface area contributed by atoms with Gasteiger partial charge in [0.05, 0.1) is 7.11 Å². The quantitative estimate of drug-likeness (QED) is 0.666. The summed E-state index contributed by atoms with van der Waals surface area (Å²) < 4.78 is 4.52. The minimum absolute atomic E-state index is 0.105. The Labute approximate surface area is 80.9 Å². The van der Waals surface area contributed by atoms with Gasteiger partial charge >= 0.3 is 5.97 Å². The van der Waals surface area contributed by atoms with Crippen LogP contribution in [-0.4, -0.2) is 18.1 Å². The van der Waals surface area contributed by atoms with Crippen molar-refractivity contribution in [3.05, 3.63) is 33.2 Å². The Morgan fingerprint density at radius 3 is 3.00 bits per heavy atom. The van der Waals surface area contributed by atoms with Crippen LogP contribution in [0.2, 0.25) is 0 Å². The highest BCUT2D eigenvalue weighted by molar-refractivity contribution is 5.89. The molecule has 1 N–H and O–H groups in total. The third kappa shape index (κ3) is 1.23. The van der Waals surface area contributed by atoms with Crippen LogP contribution in [0, 0.1) is 0 Å². The van der Waals surface area contributed by atoms with E-state index in [-0.39, 0.29) is 11.0 Å². The van der Waals surface area contributed by atoms with E-state index >= 15 is 0 Å². The number of nitrogens with one attached hydrogen (secondary N) is 1. The summed E-state index contributed by atoms with van der Waals surface area (Å²) in [5, 5.41) is 0. The van der Waals surface area contributed by atoms with Crippen molar-refractivity contribution >= 4 is 5.97 Å². The summed E-state index contributed by atoms with van der Waals surface area (Å²) >= 11 is 0. The monoisotopic (exact) mass is 193 g/mol. The van der Waals surface area contributed by atoms with Crippen molar-refractivity contribution in [3.63, 3.8) is 0 Å². The summed E-state index contributed by atoms with van der Waals surface area (Å²) in [7, 11) is 1.27. The second-order valence-electron chi connectivity index (χ2n) is 3.33. The summed E-state index contributed by atoms with van der Waals surface area (Å²) in [5.74, 6) is -0.569. The molecular formula is C10H11NO3. The highest BCUT2D eigenvalue weighted by Gasteiger charge is 2.20. The van der Waals surface area contributed by atoms with Gasteiger partial charge < -0.3 is 9.72 Å². The first-order valence-corrected chi connectivity index (χ1v) is 4.56. The van der Waals surface area contributed by atoms with E-state index in [0.717, 1.165) is 30.5 Å². The highest BCUT2D eigenvalue weighted by atomic mass is 16.5. The molecule has 0 radical (unpaired) electrons. The van der Waals surface area contributed by atoms with Gasteiger partial charge in [-0.3, -0.25) is 4.79 Å². The van der Waals surface area contributed by atoms with Gasteiger partial charge in [-0.1, -0.05) is 0 Å². The lowest BCUT2D eigenvalue weighted by molar-refractivity contribution is 0.0598. The maximum absolute atomic E-state index is 11.7. The number of hydrogen-bond acceptors (Lipinski definition) is 3. The third-order valence-corrected chi connectivity index (χ3v) is 2.53. The van der Waals surface area contributed by atoms with Crippen LogP contribution in [0.5, 0.6) is 0 Å². The Morgan fingerprint density at radius 2 is 2.29 bits per heavy atom. The Balaban J connectivity index is 2.56. The van der Waals surface area contributed by atoms with Gasteiger partial charge in [0.25, 0.3) is 0 Å². The fraction of sp³-hybridized carbons (Fsp3) is 0.400. The van der Waals surface area contributed by atoms with Crippen molar-refractivity contribution in [2.45, 2.75) is 19.3 Å². The lowest BCUT2D eigenvalue weighted by Crippen LogP contribution is -2.20. The molecule has 0 bridgehead atoms. The molecule has 74 valence electrons. The molecule has 1 aromatic heterocycles. The number of esters is 1. The van der Waals surface area contributed by atoms with Crippen LogP contribution in [-0.2, 0) is 17.6 Å². The molecule has 4 nitrogen and oxygen atoms in total. The smallest absolute Gasteiger partial charge is 0.343 e. The van der Waals surface area contributed by atoms with Crippen LogP contribution in [0.3, 0.4) is 0 Å². The van der Waals surface area contributed by atoms with E-state index in [1.54, 1.807) is 0 Å². The number of fused-ring (bicyclic) bond motifs is 1. The molecule has 4 heteroatoms. The van der Waals surface area contributed by atoms with Crippen LogP contribution in [0.1, 0.15) is 28.0 Å². The van der Waals surface area contributed by atoms with Crippen molar-refractivity contribution in [1.82, 2.24) is 4.98 Å². The SMILES string of the molecule is COC(=O)c1c[nH]c2c(c1=O)CCC2. The number of pyridine rings is 1. The van der Waals surface area contributed by atoms with E-state index in [2.05, 4.69) is 9.72 Å². The van der Waals surface area contributed by atoms with Gasteiger partial charge in [0.1, 0.15) is 5.56 Å². The van der Waals surface area contributed by atoms with Gasteiger partial charge in [0.2, 0.25) is 0 Å². The molecule has 1 aliphatic carbocycles. The van der Waals surface area contributed by atoms with Gasteiger partial charge in [-0.05, 0) is 19.3 Å². The van der Waals surface area contributed by atoms with Crippen LogP contribution >= 0.6 is 0 Å². The molecule has 0 unspecified atom stereocenters. The average Bonchev–Trinajstić information content (AvgIpc) is 2.66. The zero-order valence-electron chi connectivity index (χ0n) is 7.92. The average molecular weight is 193 g/mol. The molecule has 2 rings (SSSR count). The number of methoxy groups -OCH3 is 1. The number of aromatic amines is 1. The van der Waals surface area contributed by atoms with Gasteiger partial charge in [0, 0.05) is 17.5 Å². The number of carbonyl (C=O) groups is 1. The normalized spacial score (nSPS) is 13.8. The topological polar surface area (TPSA) is 59.2 Å². The van der Waals surface area contributed by atoms with Gasteiger partial charge in [-0.2, -0.15) is 0 Å². The van der Waals surface area contributed by atoms with Crippen molar-refractivity contribution in [2.75, 3.05) is 7.11 Å². The largest absolute Gasteiger partial charge is 0.465 e. The molecular weight excluding hydrogens is 182 g/mol. The van der Waals surface area contributed by atoms with Crippen molar-refractivity contribution in [1.29, 1.82) is 0 Å². The Morgan fingerprint density at radius 1 is 1.50 bits per heavy atom. The summed E-state index contributed by atoms with van der Waals surface area (Å²) in [6.45, 7) is 0. The Hall–Kier alpha value is -1.58. The van der Waals surface area contributed by atoms with E-state index in [4.69, 9.17) is 0 Å². The maximum atomic E-state index is 11.7. The molecule has 0 aromatic carbocycles. The minimum atomic E-state index is -0.569. The third-order valence-electron chi connectivity index (χ3n) is 2.53. The second kappa shape index (κ2) is 3.29. The number of H-pyrrole nitrogens is 1. The van der Waals surface area contributed by atoms with Gasteiger partial charge in [-0.25, -0.2) is 4.79 Å². The lowest BCUT2D eigenvalue weighted by atomic mass is 10.1. The van der Waals surface area contributed by atoms with Crippen LogP contribution < -0.4 is 5.43 Å². The fourth-order valence-electron chi connectivity index (χ4n) is 1.80. The molecule has 0 aliphatic heterocycles. The predicted molar refractivity (Wildman–Crippen MR) is 50.4 cm³/mol. The van der Waals surface area contributed by atoms with Crippen LogP contribution in [0.4, 0.5) is 0 Å². The molecule has 1 aromatic rings. The molecule has 0 saturated heterocycles.